The van der Waals surface area contributed by atoms with Crippen LogP contribution in [0.3, 0.4) is 0 Å². The van der Waals surface area contributed by atoms with E-state index in [4.69, 9.17) is 23.7 Å². The summed E-state index contributed by atoms with van der Waals surface area (Å²) < 4.78 is 30.3. The van der Waals surface area contributed by atoms with Crippen LogP contribution >= 0.6 is 0 Å². The van der Waals surface area contributed by atoms with Gasteiger partial charge in [0.15, 0.2) is 0 Å². The smallest absolute Gasteiger partial charge is 0.309 e. The average molecular weight is 561 g/mol. The van der Waals surface area contributed by atoms with Crippen LogP contribution in [0.4, 0.5) is 0 Å². The third-order valence-electron chi connectivity index (χ3n) is 9.63. The molecule has 0 amide bonds. The zero-order valence-corrected chi connectivity index (χ0v) is 25.3. The van der Waals surface area contributed by atoms with Gasteiger partial charge in [0.05, 0.1) is 17.4 Å². The second-order valence-electron chi connectivity index (χ2n) is 12.0. The predicted octanol–water partition coefficient (Wildman–Crippen LogP) is 6.05. The van der Waals surface area contributed by atoms with Crippen LogP contribution in [0, 0.1) is 28.6 Å². The van der Waals surface area contributed by atoms with Crippen molar-refractivity contribution in [3.63, 3.8) is 0 Å². The normalized spacial score (nSPS) is 35.4. The lowest BCUT2D eigenvalue weighted by molar-refractivity contribution is -0.258. The van der Waals surface area contributed by atoms with Gasteiger partial charge in [-0.05, 0) is 61.9 Å². The van der Waals surface area contributed by atoms with E-state index in [1.165, 1.54) is 6.92 Å². The van der Waals surface area contributed by atoms with E-state index in [1.54, 1.807) is 13.2 Å². The molecule has 0 aromatic carbocycles. The minimum Gasteiger partial charge on any atom is -0.458 e. The molecule has 1 aliphatic heterocycles. The number of ether oxygens (including phenoxy) is 5. The summed E-state index contributed by atoms with van der Waals surface area (Å²) in [6.07, 6.45) is 4.74. The quantitative estimate of drug-likeness (QED) is 0.123. The molecule has 1 spiro atoms. The first-order valence-electron chi connectivity index (χ1n) is 14.7. The van der Waals surface area contributed by atoms with Gasteiger partial charge in [-0.1, -0.05) is 59.4 Å². The Labute approximate surface area is 239 Å². The van der Waals surface area contributed by atoms with Crippen molar-refractivity contribution in [2.24, 2.45) is 28.6 Å². The second kappa shape index (κ2) is 13.0. The number of carbonyl (C=O) groups is 3. The Hall–Kier alpha value is -2.45. The Morgan fingerprint density at radius 2 is 1.88 bits per heavy atom. The number of hydrogen-bond acceptors (Lipinski definition) is 8. The summed E-state index contributed by atoms with van der Waals surface area (Å²) in [6.45, 7) is 19.5. The Bertz CT molecular complexity index is 1020. The third kappa shape index (κ3) is 5.94. The SMILES string of the molecule is C=CC(=C)CC[C@]1(C)[C@H](C)C[C@H](OC)[C@@]23C(=C[C@H](OC(=O)C(C)CC)C[C@@H]12)[C@@H](OC(=O)CCC)O[C@H]3OC(C)=O. The topological polar surface area (TPSA) is 97.4 Å². The zero-order valence-electron chi connectivity index (χ0n) is 25.3. The van der Waals surface area contributed by atoms with Gasteiger partial charge in [0, 0.05) is 26.0 Å². The maximum absolute atomic E-state index is 13.0. The fraction of sp³-hybridized carbons (Fsp3) is 0.719. The summed E-state index contributed by atoms with van der Waals surface area (Å²) in [5.41, 5.74) is 0.335. The van der Waals surface area contributed by atoms with Gasteiger partial charge in [0.1, 0.15) is 6.10 Å². The van der Waals surface area contributed by atoms with Crippen molar-refractivity contribution in [3.8, 4) is 0 Å². The fourth-order valence-corrected chi connectivity index (χ4v) is 6.94. The maximum atomic E-state index is 13.0. The standard InChI is InChI=1S/C32H48O8/c1-10-13-27(34)39-29-24-17-23(38-28(35)20(5)12-3)18-25-31(8,15-14-19(4)11-2)21(6)16-26(36-9)32(24,25)30(40-29)37-22(7)33/h11,17,20-21,23,25-26,29-30H,2,4,10,12-16,18H2,1,3,5-9H3/t20?,21-,23+,25+,26+,29+,30-,31-,32-/m1/s1. The molecule has 1 saturated heterocycles. The van der Waals surface area contributed by atoms with E-state index < -0.39 is 36.0 Å². The molecule has 0 aromatic heterocycles. The van der Waals surface area contributed by atoms with Gasteiger partial charge in [0.2, 0.25) is 12.6 Å². The number of rotatable bonds is 12. The second-order valence-corrected chi connectivity index (χ2v) is 12.0. The molecule has 2 fully saturated rings. The zero-order chi connectivity index (χ0) is 29.8. The Kier molecular flexibility index (Phi) is 10.4. The van der Waals surface area contributed by atoms with Gasteiger partial charge in [-0.25, -0.2) is 0 Å². The Morgan fingerprint density at radius 3 is 2.45 bits per heavy atom. The molecule has 224 valence electrons. The molecular weight excluding hydrogens is 512 g/mol. The number of hydrogen-bond donors (Lipinski definition) is 0. The van der Waals surface area contributed by atoms with Crippen LogP contribution < -0.4 is 0 Å². The van der Waals surface area contributed by atoms with E-state index in [0.29, 0.717) is 31.3 Å². The van der Waals surface area contributed by atoms with Gasteiger partial charge >= 0.3 is 17.9 Å². The lowest BCUT2D eigenvalue weighted by atomic mass is 9.45. The van der Waals surface area contributed by atoms with E-state index in [-0.39, 0.29) is 41.7 Å². The highest BCUT2D eigenvalue weighted by molar-refractivity contribution is 5.72. The van der Waals surface area contributed by atoms with Gasteiger partial charge in [-0.3, -0.25) is 19.1 Å². The van der Waals surface area contributed by atoms with Crippen LogP contribution in [0.2, 0.25) is 0 Å². The third-order valence-corrected chi connectivity index (χ3v) is 9.63. The Morgan fingerprint density at radius 1 is 1.18 bits per heavy atom. The molecule has 3 rings (SSSR count). The van der Waals surface area contributed by atoms with Crippen LogP contribution in [0.1, 0.15) is 86.5 Å². The summed E-state index contributed by atoms with van der Waals surface area (Å²) in [5.74, 6) is -1.43. The summed E-state index contributed by atoms with van der Waals surface area (Å²) in [7, 11) is 1.65. The van der Waals surface area contributed by atoms with Crippen molar-refractivity contribution in [2.45, 2.75) is 111 Å². The molecule has 0 aromatic rings. The minimum absolute atomic E-state index is 0.194. The van der Waals surface area contributed by atoms with Crippen LogP contribution in [-0.4, -0.2) is 49.8 Å². The van der Waals surface area contributed by atoms with Gasteiger partial charge < -0.3 is 18.9 Å². The van der Waals surface area contributed by atoms with E-state index in [2.05, 4.69) is 27.0 Å². The van der Waals surface area contributed by atoms with Crippen LogP contribution in [0.15, 0.2) is 36.5 Å². The van der Waals surface area contributed by atoms with E-state index in [9.17, 15) is 14.4 Å². The predicted molar refractivity (Wildman–Crippen MR) is 151 cm³/mol. The lowest BCUT2D eigenvalue weighted by Gasteiger charge is -2.61. The highest BCUT2D eigenvalue weighted by atomic mass is 16.8. The number of carbonyl (C=O) groups excluding carboxylic acids is 3. The fourth-order valence-electron chi connectivity index (χ4n) is 6.94. The highest BCUT2D eigenvalue weighted by Crippen LogP contribution is 2.68. The van der Waals surface area contributed by atoms with E-state index in [1.807, 2.05) is 26.8 Å². The molecular formula is C32H48O8. The molecule has 1 unspecified atom stereocenters. The first-order valence-corrected chi connectivity index (χ1v) is 14.7. The molecule has 3 aliphatic rings. The van der Waals surface area contributed by atoms with Crippen molar-refractivity contribution in [2.75, 3.05) is 7.11 Å². The molecule has 2 aliphatic carbocycles. The largest absolute Gasteiger partial charge is 0.458 e. The van der Waals surface area contributed by atoms with Gasteiger partial charge in [-0.2, -0.15) is 0 Å². The number of methoxy groups -OCH3 is 1. The number of allylic oxidation sites excluding steroid dienone is 2. The molecule has 40 heavy (non-hydrogen) atoms. The molecule has 0 N–H and O–H groups in total. The minimum atomic E-state index is -1.09. The summed E-state index contributed by atoms with van der Waals surface area (Å²) in [5, 5.41) is 0. The first kappa shape index (κ1) is 32.1. The monoisotopic (exact) mass is 560 g/mol. The summed E-state index contributed by atoms with van der Waals surface area (Å²) >= 11 is 0. The molecule has 1 saturated carbocycles. The van der Waals surface area contributed by atoms with Crippen LogP contribution in [0.5, 0.6) is 0 Å². The lowest BCUT2D eigenvalue weighted by Crippen LogP contribution is -2.63. The average Bonchev–Trinajstić information content (AvgIpc) is 3.20. The molecule has 0 bridgehead atoms. The van der Waals surface area contributed by atoms with Crippen molar-refractivity contribution in [1.82, 2.24) is 0 Å². The van der Waals surface area contributed by atoms with E-state index >= 15 is 0 Å². The van der Waals surface area contributed by atoms with Crippen molar-refractivity contribution < 1.29 is 38.1 Å². The van der Waals surface area contributed by atoms with Crippen LogP contribution in [0.25, 0.3) is 0 Å². The summed E-state index contributed by atoms with van der Waals surface area (Å²) in [6, 6.07) is 0. The molecule has 0 radical (unpaired) electrons. The van der Waals surface area contributed by atoms with Gasteiger partial charge in [-0.15, -0.1) is 0 Å². The number of esters is 3. The first-order chi connectivity index (χ1) is 18.9. The van der Waals surface area contributed by atoms with Crippen LogP contribution in [-0.2, 0) is 38.1 Å². The molecule has 8 nitrogen and oxygen atoms in total. The Balaban J connectivity index is 2.22. The molecule has 1 heterocycles. The van der Waals surface area contributed by atoms with Crippen molar-refractivity contribution in [3.05, 3.63) is 36.5 Å². The van der Waals surface area contributed by atoms with E-state index in [0.717, 1.165) is 18.4 Å². The van der Waals surface area contributed by atoms with Crippen molar-refractivity contribution >= 4 is 17.9 Å². The molecule has 9 atom stereocenters. The van der Waals surface area contributed by atoms with Gasteiger partial charge in [0.25, 0.3) is 0 Å². The van der Waals surface area contributed by atoms with Crippen molar-refractivity contribution in [1.29, 1.82) is 0 Å². The summed E-state index contributed by atoms with van der Waals surface area (Å²) in [4.78, 5) is 38.1. The highest BCUT2D eigenvalue weighted by Gasteiger charge is 2.71. The maximum Gasteiger partial charge on any atom is 0.309 e. The molecule has 8 heteroatoms.